The molecule has 0 heterocycles. The Morgan fingerprint density at radius 1 is 0.931 bits per heavy atom. The fourth-order valence-corrected chi connectivity index (χ4v) is 2.10. The Kier molecular flexibility index (Phi) is 10.9. The number of aliphatic hydroxyl groups is 1. The minimum absolute atomic E-state index is 0.224. The van der Waals surface area contributed by atoms with Crippen molar-refractivity contribution in [1.82, 2.24) is 16.0 Å². The van der Waals surface area contributed by atoms with E-state index in [0.29, 0.717) is 0 Å². The molecule has 4 atom stereocenters. The number of carbonyl (C=O) groups is 6. The van der Waals surface area contributed by atoms with E-state index in [2.05, 4.69) is 10.6 Å². The van der Waals surface area contributed by atoms with Gasteiger partial charge in [0.1, 0.15) is 18.1 Å². The molecule has 10 N–H and O–H groups in total. The average molecular weight is 419 g/mol. The van der Waals surface area contributed by atoms with Crippen molar-refractivity contribution in [3.8, 4) is 0 Å². The van der Waals surface area contributed by atoms with Gasteiger partial charge in [0.25, 0.3) is 0 Å². The van der Waals surface area contributed by atoms with E-state index in [1.165, 1.54) is 0 Å². The first-order valence-electron chi connectivity index (χ1n) is 8.40. The summed E-state index contributed by atoms with van der Waals surface area (Å²) in [4.78, 5) is 68.8. The number of nitrogens with two attached hydrogens (primary N) is 2. The number of hydrogen-bond acceptors (Lipinski definition) is 8. The smallest absolute Gasteiger partial charge is 0.326 e. The number of carbonyl (C=O) groups excluding carboxylic acids is 4. The van der Waals surface area contributed by atoms with Crippen LogP contribution < -0.4 is 27.4 Å². The van der Waals surface area contributed by atoms with Crippen LogP contribution in [0.15, 0.2) is 0 Å². The van der Waals surface area contributed by atoms with Gasteiger partial charge in [-0.1, -0.05) is 0 Å². The first-order valence-corrected chi connectivity index (χ1v) is 8.40. The summed E-state index contributed by atoms with van der Waals surface area (Å²) < 4.78 is 0. The molecule has 14 heteroatoms. The third-order valence-electron chi connectivity index (χ3n) is 3.57. The summed E-state index contributed by atoms with van der Waals surface area (Å²) in [6, 6.07) is -4.80. The number of primary amides is 1. The summed E-state index contributed by atoms with van der Waals surface area (Å²) in [5.74, 6) is -6.76. The van der Waals surface area contributed by atoms with Crippen LogP contribution in [0.5, 0.6) is 0 Å². The van der Waals surface area contributed by atoms with Gasteiger partial charge < -0.3 is 42.7 Å². The van der Waals surface area contributed by atoms with Gasteiger partial charge in [0.15, 0.2) is 0 Å². The molecule has 0 aromatic carbocycles. The second-order valence-electron chi connectivity index (χ2n) is 6.05. The predicted molar refractivity (Wildman–Crippen MR) is 94.8 cm³/mol. The lowest BCUT2D eigenvalue weighted by Crippen LogP contribution is -2.59. The predicted octanol–water partition coefficient (Wildman–Crippen LogP) is -4.39. The Bertz CT molecular complexity index is 652. The van der Waals surface area contributed by atoms with Crippen LogP contribution in [0.4, 0.5) is 0 Å². The number of amides is 4. The molecule has 0 aliphatic heterocycles. The number of carboxylic acid groups (broad SMARTS) is 2. The van der Waals surface area contributed by atoms with Crippen LogP contribution in [-0.4, -0.2) is 81.7 Å². The van der Waals surface area contributed by atoms with Crippen molar-refractivity contribution in [2.45, 2.75) is 50.4 Å². The molecule has 0 spiro atoms. The van der Waals surface area contributed by atoms with E-state index in [1.807, 2.05) is 5.32 Å². The molecule has 164 valence electrons. The van der Waals surface area contributed by atoms with Gasteiger partial charge in [0, 0.05) is 6.42 Å². The van der Waals surface area contributed by atoms with Crippen molar-refractivity contribution in [3.63, 3.8) is 0 Å². The Morgan fingerprint density at radius 2 is 1.52 bits per heavy atom. The number of aliphatic carboxylic acids is 2. The van der Waals surface area contributed by atoms with Gasteiger partial charge in [-0.25, -0.2) is 4.79 Å². The normalized spacial score (nSPS) is 14.6. The van der Waals surface area contributed by atoms with E-state index in [-0.39, 0.29) is 12.8 Å². The van der Waals surface area contributed by atoms with Crippen molar-refractivity contribution in [1.29, 1.82) is 0 Å². The van der Waals surface area contributed by atoms with Crippen LogP contribution in [0.1, 0.15) is 26.2 Å². The third-order valence-corrected chi connectivity index (χ3v) is 3.57. The quantitative estimate of drug-likeness (QED) is 0.142. The van der Waals surface area contributed by atoms with Gasteiger partial charge in [-0.3, -0.25) is 24.0 Å². The van der Waals surface area contributed by atoms with E-state index >= 15 is 0 Å². The summed E-state index contributed by atoms with van der Waals surface area (Å²) in [6.45, 7) is 0.657. The number of nitrogens with one attached hydrogen (secondary N) is 3. The van der Waals surface area contributed by atoms with Crippen molar-refractivity contribution < 1.29 is 44.1 Å². The molecular weight excluding hydrogens is 394 g/mol. The van der Waals surface area contributed by atoms with Crippen LogP contribution in [0.3, 0.4) is 0 Å². The molecule has 29 heavy (non-hydrogen) atoms. The summed E-state index contributed by atoms with van der Waals surface area (Å²) in [5.41, 5.74) is 10.2. The van der Waals surface area contributed by atoms with Gasteiger partial charge in [-0.15, -0.1) is 0 Å². The van der Waals surface area contributed by atoms with E-state index in [0.717, 1.165) is 6.92 Å². The number of hydrogen-bond donors (Lipinski definition) is 8. The van der Waals surface area contributed by atoms with Gasteiger partial charge in [-0.05, 0) is 13.3 Å². The largest absolute Gasteiger partial charge is 0.481 e. The lowest BCUT2D eigenvalue weighted by molar-refractivity contribution is -0.148. The highest BCUT2D eigenvalue weighted by atomic mass is 16.4. The van der Waals surface area contributed by atoms with Crippen LogP contribution in [0.25, 0.3) is 0 Å². The Labute approximate surface area is 165 Å². The zero-order valence-corrected chi connectivity index (χ0v) is 15.6. The fraction of sp³-hybridized carbons (Fsp3) is 0.600. The zero-order valence-electron chi connectivity index (χ0n) is 15.6. The Hall–Kier alpha value is -3.26. The van der Waals surface area contributed by atoms with Gasteiger partial charge in [-0.2, -0.15) is 0 Å². The summed E-state index contributed by atoms with van der Waals surface area (Å²) in [6.07, 6.45) is -2.96. The van der Waals surface area contributed by atoms with Gasteiger partial charge in [0.05, 0.1) is 19.1 Å². The first-order chi connectivity index (χ1) is 13.4. The number of rotatable bonds is 13. The van der Waals surface area contributed by atoms with Crippen LogP contribution in [-0.2, 0) is 28.8 Å². The molecule has 0 aromatic rings. The average Bonchev–Trinajstić information content (AvgIpc) is 2.60. The summed E-state index contributed by atoms with van der Waals surface area (Å²) in [5, 5.41) is 33.7. The molecular formula is C15H25N5O9. The highest BCUT2D eigenvalue weighted by Gasteiger charge is 2.32. The molecule has 0 saturated carbocycles. The molecule has 4 unspecified atom stereocenters. The first kappa shape index (κ1) is 25.7. The summed E-state index contributed by atoms with van der Waals surface area (Å²) >= 11 is 0. The lowest BCUT2D eigenvalue weighted by atomic mass is 10.1. The second kappa shape index (κ2) is 12.2. The second-order valence-corrected chi connectivity index (χ2v) is 6.05. The van der Waals surface area contributed by atoms with Gasteiger partial charge >= 0.3 is 11.9 Å². The number of aliphatic hydroxyl groups excluding tert-OH is 1. The molecule has 14 nitrogen and oxygen atoms in total. The summed E-state index contributed by atoms with van der Waals surface area (Å²) in [7, 11) is 0. The van der Waals surface area contributed by atoms with Crippen LogP contribution in [0.2, 0.25) is 0 Å². The van der Waals surface area contributed by atoms with E-state index in [4.69, 9.17) is 21.7 Å². The highest BCUT2D eigenvalue weighted by Crippen LogP contribution is 2.02. The molecule has 0 fully saturated rings. The topological polar surface area (TPSA) is 251 Å². The minimum atomic E-state index is -1.80. The van der Waals surface area contributed by atoms with E-state index < -0.39 is 72.8 Å². The maximum absolute atomic E-state index is 12.4. The van der Waals surface area contributed by atoms with Crippen molar-refractivity contribution >= 4 is 35.6 Å². The van der Waals surface area contributed by atoms with Gasteiger partial charge in [0.2, 0.25) is 23.6 Å². The monoisotopic (exact) mass is 419 g/mol. The number of carboxylic acids is 2. The standard InChI is InChI=1S/C15H25N5O9/c1-6(21)12(14(27)19-8(15(28)29)4-11(24)25)20-13(26)7(2-3-9(17)22)18-10(23)5-16/h6-8,12,21H,2-5,16H2,1H3,(H2,17,22)(H,18,23)(H,19,27)(H,20,26)(H,24,25)(H,28,29). The molecule has 0 aliphatic rings. The molecule has 0 rings (SSSR count). The van der Waals surface area contributed by atoms with E-state index in [1.54, 1.807) is 0 Å². The highest BCUT2D eigenvalue weighted by molar-refractivity contribution is 5.94. The molecule has 0 bridgehead atoms. The minimum Gasteiger partial charge on any atom is -0.481 e. The van der Waals surface area contributed by atoms with Crippen molar-refractivity contribution in [3.05, 3.63) is 0 Å². The van der Waals surface area contributed by atoms with Crippen LogP contribution in [0, 0.1) is 0 Å². The Balaban J connectivity index is 5.33. The maximum atomic E-state index is 12.4. The molecule has 0 saturated heterocycles. The Morgan fingerprint density at radius 3 is 1.93 bits per heavy atom. The maximum Gasteiger partial charge on any atom is 0.326 e. The molecule has 0 radical (unpaired) electrons. The molecule has 0 aliphatic carbocycles. The molecule has 0 aromatic heterocycles. The van der Waals surface area contributed by atoms with E-state index in [9.17, 15) is 33.9 Å². The third kappa shape index (κ3) is 10.0. The van der Waals surface area contributed by atoms with Crippen molar-refractivity contribution in [2.24, 2.45) is 11.5 Å². The lowest BCUT2D eigenvalue weighted by Gasteiger charge is -2.25. The molecule has 4 amide bonds. The van der Waals surface area contributed by atoms with Crippen molar-refractivity contribution in [2.75, 3.05) is 6.54 Å². The van der Waals surface area contributed by atoms with Crippen LogP contribution >= 0.6 is 0 Å². The SMILES string of the molecule is CC(O)C(NC(=O)C(CCC(N)=O)NC(=O)CN)C(=O)NC(CC(=O)O)C(=O)O. The zero-order chi connectivity index (χ0) is 22.7. The fourth-order valence-electron chi connectivity index (χ4n) is 2.10.